The third-order valence-electron chi connectivity index (χ3n) is 5.25. The summed E-state index contributed by atoms with van der Waals surface area (Å²) in [5.41, 5.74) is 4.23. The molecule has 1 heterocycles. The molecule has 164 valence electrons. The number of methoxy groups -OCH3 is 3. The van der Waals surface area contributed by atoms with Crippen molar-refractivity contribution < 1.29 is 19.0 Å². The highest BCUT2D eigenvalue weighted by atomic mass is 16.5. The Kier molecular flexibility index (Phi) is 6.26. The topological polar surface area (TPSA) is 85.5 Å². The van der Waals surface area contributed by atoms with Crippen LogP contribution in [0.3, 0.4) is 0 Å². The van der Waals surface area contributed by atoms with Gasteiger partial charge in [-0.1, -0.05) is 30.3 Å². The molecule has 4 aromatic rings. The summed E-state index contributed by atoms with van der Waals surface area (Å²) in [5.74, 6) is 2.27. The fourth-order valence-electron chi connectivity index (χ4n) is 3.70. The molecule has 0 fully saturated rings. The molecule has 0 spiro atoms. The number of fused-ring (bicyclic) bond motifs is 1. The second-order valence-electron chi connectivity index (χ2n) is 7.19. The van der Waals surface area contributed by atoms with Gasteiger partial charge >= 0.3 is 0 Å². The molecule has 0 saturated heterocycles. The number of aromatic nitrogens is 2. The van der Waals surface area contributed by atoms with Gasteiger partial charge in [-0.15, -0.1) is 0 Å². The molecule has 0 radical (unpaired) electrons. The number of benzene rings is 3. The van der Waals surface area contributed by atoms with E-state index in [2.05, 4.69) is 15.3 Å². The van der Waals surface area contributed by atoms with Crippen LogP contribution in [0.4, 0.5) is 5.69 Å². The molecule has 0 atom stereocenters. The highest BCUT2D eigenvalue weighted by Crippen LogP contribution is 2.40. The van der Waals surface area contributed by atoms with Crippen molar-refractivity contribution in [1.29, 1.82) is 0 Å². The van der Waals surface area contributed by atoms with Gasteiger partial charge in [-0.25, -0.2) is 4.98 Å². The minimum absolute atomic E-state index is 0.106. The number of amides is 1. The number of aromatic amines is 1. The van der Waals surface area contributed by atoms with Crippen LogP contribution in [0.15, 0.2) is 60.7 Å². The molecule has 0 aliphatic rings. The van der Waals surface area contributed by atoms with E-state index < -0.39 is 0 Å². The van der Waals surface area contributed by atoms with E-state index in [1.807, 2.05) is 60.7 Å². The minimum Gasteiger partial charge on any atom is -0.493 e. The van der Waals surface area contributed by atoms with Gasteiger partial charge in [-0.2, -0.15) is 0 Å². The van der Waals surface area contributed by atoms with Crippen molar-refractivity contribution in [2.24, 2.45) is 0 Å². The van der Waals surface area contributed by atoms with Crippen LogP contribution in [-0.4, -0.2) is 37.2 Å². The van der Waals surface area contributed by atoms with E-state index in [9.17, 15) is 4.79 Å². The Labute approximate surface area is 186 Å². The second kappa shape index (κ2) is 9.43. The number of rotatable bonds is 8. The molecule has 0 aliphatic carbocycles. The largest absolute Gasteiger partial charge is 0.493 e. The van der Waals surface area contributed by atoms with Crippen molar-refractivity contribution in [2.75, 3.05) is 26.6 Å². The number of nitrogens with one attached hydrogen (secondary N) is 2. The molecule has 2 N–H and O–H groups in total. The van der Waals surface area contributed by atoms with Gasteiger partial charge in [0, 0.05) is 12.0 Å². The lowest BCUT2D eigenvalue weighted by atomic mass is 10.1. The highest BCUT2D eigenvalue weighted by molar-refractivity contribution is 5.95. The number of carbonyl (C=O) groups excluding carboxylic acids is 1. The van der Waals surface area contributed by atoms with Gasteiger partial charge in [0.15, 0.2) is 11.5 Å². The molecule has 3 aromatic carbocycles. The molecule has 7 heteroatoms. The molecule has 1 aromatic heterocycles. The maximum atomic E-state index is 12.8. The van der Waals surface area contributed by atoms with Gasteiger partial charge < -0.3 is 24.5 Å². The maximum Gasteiger partial charge on any atom is 0.224 e. The van der Waals surface area contributed by atoms with E-state index >= 15 is 0 Å². The lowest BCUT2D eigenvalue weighted by molar-refractivity contribution is -0.116. The van der Waals surface area contributed by atoms with E-state index in [4.69, 9.17) is 14.2 Å². The Morgan fingerprint density at radius 2 is 1.66 bits per heavy atom. The van der Waals surface area contributed by atoms with Gasteiger partial charge in [-0.3, -0.25) is 4.79 Å². The average molecular weight is 431 g/mol. The first-order valence-corrected chi connectivity index (χ1v) is 10.3. The fraction of sp³-hybridized carbons (Fsp3) is 0.200. The second-order valence-corrected chi connectivity index (χ2v) is 7.19. The number of carbonyl (C=O) groups is 1. The number of H-pyrrole nitrogens is 1. The Hall–Kier alpha value is -4.00. The zero-order chi connectivity index (χ0) is 22.5. The van der Waals surface area contributed by atoms with Gasteiger partial charge in [0.25, 0.3) is 0 Å². The molecule has 0 saturated carbocycles. The molecule has 1 amide bonds. The van der Waals surface area contributed by atoms with Crippen LogP contribution in [0.1, 0.15) is 12.0 Å². The van der Waals surface area contributed by atoms with Crippen LogP contribution in [0, 0.1) is 0 Å². The molecule has 7 nitrogen and oxygen atoms in total. The highest BCUT2D eigenvalue weighted by Gasteiger charge is 2.17. The summed E-state index contributed by atoms with van der Waals surface area (Å²) in [5, 5.41) is 3.02. The quantitative estimate of drug-likeness (QED) is 0.417. The van der Waals surface area contributed by atoms with Gasteiger partial charge in [0.2, 0.25) is 11.7 Å². The predicted octanol–water partition coefficient (Wildman–Crippen LogP) is 4.83. The first kappa shape index (κ1) is 21.2. The molecule has 4 rings (SSSR count). The Bertz CT molecular complexity index is 1220. The van der Waals surface area contributed by atoms with Crippen LogP contribution < -0.4 is 19.5 Å². The maximum absolute atomic E-state index is 12.8. The summed E-state index contributed by atoms with van der Waals surface area (Å²) < 4.78 is 16.3. The third kappa shape index (κ3) is 4.23. The summed E-state index contributed by atoms with van der Waals surface area (Å²) in [7, 11) is 4.71. The molecular formula is C25H25N3O4. The van der Waals surface area contributed by atoms with Crippen LogP contribution in [0.2, 0.25) is 0 Å². The number of hydrogen-bond donors (Lipinski definition) is 2. The number of aryl methyl sites for hydroxylation is 1. The van der Waals surface area contributed by atoms with Crippen molar-refractivity contribution >= 4 is 22.6 Å². The Morgan fingerprint density at radius 3 is 2.41 bits per heavy atom. The lowest BCUT2D eigenvalue weighted by Gasteiger charge is -2.16. The zero-order valence-electron chi connectivity index (χ0n) is 18.3. The van der Waals surface area contributed by atoms with Gasteiger partial charge in [0.05, 0.1) is 38.1 Å². The number of hydrogen-bond acceptors (Lipinski definition) is 5. The van der Waals surface area contributed by atoms with Crippen molar-refractivity contribution in [3.8, 4) is 28.6 Å². The summed E-state index contributed by atoms with van der Waals surface area (Å²) >= 11 is 0. The fourth-order valence-corrected chi connectivity index (χ4v) is 3.70. The average Bonchev–Trinajstić information content (AvgIpc) is 3.26. The normalized spacial score (nSPS) is 10.7. The van der Waals surface area contributed by atoms with E-state index in [0.717, 1.165) is 22.2 Å². The van der Waals surface area contributed by atoms with E-state index in [1.54, 1.807) is 21.3 Å². The third-order valence-corrected chi connectivity index (χ3v) is 5.25. The monoisotopic (exact) mass is 431 g/mol. The van der Waals surface area contributed by atoms with Crippen LogP contribution in [-0.2, 0) is 11.2 Å². The number of nitrogens with zero attached hydrogens (tertiary/aromatic N) is 1. The Morgan fingerprint density at radius 1 is 0.906 bits per heavy atom. The standard InChI is InChI=1S/C25H25N3O4/c1-30-21-14-12-16(23(31-2)24(21)32-3)13-15-22(29)26-18-9-5-4-8-17(18)25-27-19-10-6-7-11-20(19)28-25/h4-12,14H,13,15H2,1-3H3,(H,26,29)(H,27,28). The smallest absolute Gasteiger partial charge is 0.224 e. The lowest BCUT2D eigenvalue weighted by Crippen LogP contribution is -2.13. The summed E-state index contributed by atoms with van der Waals surface area (Å²) in [6, 6.07) is 19.1. The van der Waals surface area contributed by atoms with Gasteiger partial charge in [-0.05, 0) is 42.3 Å². The van der Waals surface area contributed by atoms with Crippen LogP contribution in [0.25, 0.3) is 22.4 Å². The van der Waals surface area contributed by atoms with Crippen molar-refractivity contribution in [3.63, 3.8) is 0 Å². The summed E-state index contributed by atoms with van der Waals surface area (Å²) in [6.07, 6.45) is 0.766. The predicted molar refractivity (Wildman–Crippen MR) is 125 cm³/mol. The summed E-state index contributed by atoms with van der Waals surface area (Å²) in [6.45, 7) is 0. The first-order valence-electron chi connectivity index (χ1n) is 10.3. The zero-order valence-corrected chi connectivity index (χ0v) is 18.3. The number of ether oxygens (including phenoxy) is 3. The molecule has 0 aliphatic heterocycles. The molecule has 32 heavy (non-hydrogen) atoms. The molecule has 0 unspecified atom stereocenters. The van der Waals surface area contributed by atoms with E-state index in [1.165, 1.54) is 0 Å². The van der Waals surface area contributed by atoms with E-state index in [-0.39, 0.29) is 12.3 Å². The summed E-state index contributed by atoms with van der Waals surface area (Å²) in [4.78, 5) is 20.8. The van der Waals surface area contributed by atoms with Crippen molar-refractivity contribution in [1.82, 2.24) is 9.97 Å². The van der Waals surface area contributed by atoms with Gasteiger partial charge in [0.1, 0.15) is 5.82 Å². The first-order chi connectivity index (χ1) is 15.6. The van der Waals surface area contributed by atoms with Crippen LogP contribution >= 0.6 is 0 Å². The molecule has 0 bridgehead atoms. The minimum atomic E-state index is -0.106. The number of anilines is 1. The number of para-hydroxylation sites is 3. The van der Waals surface area contributed by atoms with Crippen molar-refractivity contribution in [2.45, 2.75) is 12.8 Å². The van der Waals surface area contributed by atoms with Crippen molar-refractivity contribution in [3.05, 3.63) is 66.2 Å². The van der Waals surface area contributed by atoms with E-state index in [0.29, 0.717) is 35.2 Å². The SMILES string of the molecule is COc1ccc(CCC(=O)Nc2ccccc2-c2nc3ccccc3[nH]2)c(OC)c1OC. The molecular weight excluding hydrogens is 406 g/mol. The van der Waals surface area contributed by atoms with Crippen LogP contribution in [0.5, 0.6) is 17.2 Å². The Balaban J connectivity index is 1.51. The number of imidazole rings is 1.